The Bertz CT molecular complexity index is 662. The van der Waals surface area contributed by atoms with Gasteiger partial charge in [0.1, 0.15) is 17.6 Å². The quantitative estimate of drug-likeness (QED) is 0.852. The zero-order chi connectivity index (χ0) is 15.8. The Labute approximate surface area is 132 Å². The van der Waals surface area contributed by atoms with Crippen molar-refractivity contribution in [2.45, 2.75) is 6.61 Å². The molecule has 4 nitrogen and oxygen atoms in total. The van der Waals surface area contributed by atoms with E-state index in [0.717, 1.165) is 11.8 Å². The van der Waals surface area contributed by atoms with Crippen LogP contribution in [0.2, 0.25) is 5.15 Å². The topological polar surface area (TPSA) is 51.2 Å². The number of benzene rings is 1. The summed E-state index contributed by atoms with van der Waals surface area (Å²) in [5, 5.41) is 2.75. The third-order valence-electron chi connectivity index (χ3n) is 2.71. The number of halogens is 2. The van der Waals surface area contributed by atoms with Gasteiger partial charge in [0.05, 0.1) is 6.20 Å². The van der Waals surface area contributed by atoms with Crippen LogP contribution in [0, 0.1) is 5.82 Å². The van der Waals surface area contributed by atoms with Gasteiger partial charge < -0.3 is 10.1 Å². The SMILES string of the molecule is O=C(NCC=Cc1cc(F)cnc1Cl)OCc1ccccc1. The van der Waals surface area contributed by atoms with Crippen LogP contribution in [0.5, 0.6) is 0 Å². The molecule has 1 aromatic heterocycles. The largest absolute Gasteiger partial charge is 0.445 e. The minimum Gasteiger partial charge on any atom is -0.445 e. The number of alkyl carbamates (subject to hydrolysis) is 1. The first-order chi connectivity index (χ1) is 10.6. The average molecular weight is 321 g/mol. The molecule has 0 unspecified atom stereocenters. The molecule has 0 saturated heterocycles. The van der Waals surface area contributed by atoms with Gasteiger partial charge in [0.25, 0.3) is 0 Å². The molecule has 0 radical (unpaired) electrons. The molecule has 0 bridgehead atoms. The van der Waals surface area contributed by atoms with Gasteiger partial charge in [-0.2, -0.15) is 0 Å². The highest BCUT2D eigenvalue weighted by atomic mass is 35.5. The second-order valence-corrected chi connectivity index (χ2v) is 4.74. The lowest BCUT2D eigenvalue weighted by Crippen LogP contribution is -2.24. The van der Waals surface area contributed by atoms with Crippen molar-refractivity contribution < 1.29 is 13.9 Å². The van der Waals surface area contributed by atoms with E-state index >= 15 is 0 Å². The highest BCUT2D eigenvalue weighted by molar-refractivity contribution is 6.30. The van der Waals surface area contributed by atoms with Crippen LogP contribution in [-0.4, -0.2) is 17.6 Å². The van der Waals surface area contributed by atoms with Gasteiger partial charge in [-0.05, 0) is 11.6 Å². The predicted octanol–water partition coefficient (Wildman–Crippen LogP) is 3.81. The molecule has 1 amide bonds. The molecule has 0 aliphatic carbocycles. The van der Waals surface area contributed by atoms with Crippen LogP contribution in [0.25, 0.3) is 6.08 Å². The molecular weight excluding hydrogens is 307 g/mol. The van der Waals surface area contributed by atoms with E-state index < -0.39 is 11.9 Å². The molecule has 22 heavy (non-hydrogen) atoms. The summed E-state index contributed by atoms with van der Waals surface area (Å²) >= 11 is 5.81. The number of hydrogen-bond acceptors (Lipinski definition) is 3. The van der Waals surface area contributed by atoms with Gasteiger partial charge >= 0.3 is 6.09 Å². The summed E-state index contributed by atoms with van der Waals surface area (Å²) < 4.78 is 18.0. The van der Waals surface area contributed by atoms with Crippen molar-refractivity contribution >= 4 is 23.8 Å². The highest BCUT2D eigenvalue weighted by Crippen LogP contribution is 2.14. The van der Waals surface area contributed by atoms with Crippen molar-refractivity contribution in [2.75, 3.05) is 6.54 Å². The molecule has 1 heterocycles. The van der Waals surface area contributed by atoms with Crippen LogP contribution in [0.4, 0.5) is 9.18 Å². The van der Waals surface area contributed by atoms with E-state index in [1.165, 1.54) is 6.07 Å². The maximum Gasteiger partial charge on any atom is 0.407 e. The highest BCUT2D eigenvalue weighted by Gasteiger charge is 2.01. The second kappa shape index (κ2) is 8.14. The van der Waals surface area contributed by atoms with Gasteiger partial charge in [-0.15, -0.1) is 0 Å². The fourth-order valence-corrected chi connectivity index (χ4v) is 1.82. The number of amides is 1. The molecule has 0 atom stereocenters. The fraction of sp³-hybridized carbons (Fsp3) is 0.125. The van der Waals surface area contributed by atoms with Crippen molar-refractivity contribution in [1.29, 1.82) is 0 Å². The van der Waals surface area contributed by atoms with Crippen molar-refractivity contribution in [1.82, 2.24) is 10.3 Å². The molecule has 6 heteroatoms. The van der Waals surface area contributed by atoms with Gasteiger partial charge in [-0.3, -0.25) is 0 Å². The normalized spacial score (nSPS) is 10.6. The molecule has 1 aromatic carbocycles. The van der Waals surface area contributed by atoms with Crippen molar-refractivity contribution in [2.24, 2.45) is 0 Å². The molecule has 1 N–H and O–H groups in total. The lowest BCUT2D eigenvalue weighted by atomic mass is 10.2. The molecule has 0 aliphatic heterocycles. The van der Waals surface area contributed by atoms with E-state index in [2.05, 4.69) is 10.3 Å². The molecule has 0 spiro atoms. The summed E-state index contributed by atoms with van der Waals surface area (Å²) in [5.41, 5.74) is 1.35. The van der Waals surface area contributed by atoms with E-state index in [0.29, 0.717) is 5.56 Å². The Morgan fingerprint density at radius 2 is 2.14 bits per heavy atom. The number of pyridine rings is 1. The summed E-state index contributed by atoms with van der Waals surface area (Å²) in [7, 11) is 0. The van der Waals surface area contributed by atoms with E-state index in [4.69, 9.17) is 16.3 Å². The number of hydrogen-bond donors (Lipinski definition) is 1. The lowest BCUT2D eigenvalue weighted by molar-refractivity contribution is 0.141. The van der Waals surface area contributed by atoms with Crippen LogP contribution in [0.3, 0.4) is 0 Å². The number of rotatable bonds is 5. The number of nitrogens with one attached hydrogen (secondary N) is 1. The first-order valence-electron chi connectivity index (χ1n) is 6.57. The smallest absolute Gasteiger partial charge is 0.407 e. The first-order valence-corrected chi connectivity index (χ1v) is 6.95. The molecule has 0 saturated carbocycles. The van der Waals surface area contributed by atoms with Gasteiger partial charge in [0.15, 0.2) is 0 Å². The monoisotopic (exact) mass is 320 g/mol. The summed E-state index contributed by atoms with van der Waals surface area (Å²) in [6.45, 7) is 0.441. The number of aromatic nitrogens is 1. The second-order valence-electron chi connectivity index (χ2n) is 4.38. The fourth-order valence-electron chi connectivity index (χ4n) is 1.66. The zero-order valence-electron chi connectivity index (χ0n) is 11.6. The van der Waals surface area contributed by atoms with E-state index in [-0.39, 0.29) is 18.3 Å². The van der Waals surface area contributed by atoms with Crippen molar-refractivity contribution in [3.8, 4) is 0 Å². The maximum atomic E-state index is 13.0. The van der Waals surface area contributed by atoms with Crippen LogP contribution in [0.1, 0.15) is 11.1 Å². The zero-order valence-corrected chi connectivity index (χ0v) is 12.4. The Hall–Kier alpha value is -2.40. The van der Waals surface area contributed by atoms with Gasteiger partial charge in [-0.25, -0.2) is 14.2 Å². The Balaban J connectivity index is 1.75. The van der Waals surface area contributed by atoms with E-state index in [9.17, 15) is 9.18 Å². The molecular formula is C16H14ClFN2O2. The summed E-state index contributed by atoms with van der Waals surface area (Å²) in [6, 6.07) is 10.6. The molecule has 0 aliphatic rings. The Morgan fingerprint density at radius 1 is 1.36 bits per heavy atom. The molecule has 2 rings (SSSR count). The van der Waals surface area contributed by atoms with Crippen LogP contribution in [-0.2, 0) is 11.3 Å². The first kappa shape index (κ1) is 16.0. The minimum absolute atomic E-state index is 0.198. The van der Waals surface area contributed by atoms with Crippen LogP contribution in [0.15, 0.2) is 48.7 Å². The summed E-state index contributed by atoms with van der Waals surface area (Å²) in [5.74, 6) is -0.473. The lowest BCUT2D eigenvalue weighted by Gasteiger charge is -2.05. The molecule has 114 valence electrons. The summed E-state index contributed by atoms with van der Waals surface area (Å²) in [4.78, 5) is 15.2. The van der Waals surface area contributed by atoms with E-state index in [1.54, 1.807) is 12.2 Å². The minimum atomic E-state index is -0.531. The summed E-state index contributed by atoms with van der Waals surface area (Å²) in [6.07, 6.45) is 3.72. The Morgan fingerprint density at radius 3 is 2.91 bits per heavy atom. The number of nitrogens with zero attached hydrogens (tertiary/aromatic N) is 1. The van der Waals surface area contributed by atoms with Gasteiger partial charge in [-0.1, -0.05) is 54.1 Å². The average Bonchev–Trinajstić information content (AvgIpc) is 2.53. The van der Waals surface area contributed by atoms with Gasteiger partial charge in [0.2, 0.25) is 0 Å². The molecule has 0 fully saturated rings. The van der Waals surface area contributed by atoms with Crippen molar-refractivity contribution in [3.63, 3.8) is 0 Å². The third-order valence-corrected chi connectivity index (χ3v) is 3.02. The third kappa shape index (κ3) is 5.18. The number of carbonyl (C=O) groups excluding carboxylic acids is 1. The number of ether oxygens (including phenoxy) is 1. The van der Waals surface area contributed by atoms with Crippen molar-refractivity contribution in [3.05, 3.63) is 70.8 Å². The van der Waals surface area contributed by atoms with Crippen LogP contribution < -0.4 is 5.32 Å². The Kier molecular flexibility index (Phi) is 5.91. The molecule has 2 aromatic rings. The van der Waals surface area contributed by atoms with Crippen LogP contribution >= 0.6 is 11.6 Å². The predicted molar refractivity (Wildman–Crippen MR) is 82.9 cm³/mol. The van der Waals surface area contributed by atoms with Gasteiger partial charge in [0, 0.05) is 12.1 Å². The van der Waals surface area contributed by atoms with E-state index in [1.807, 2.05) is 30.3 Å². The standard InChI is InChI=1S/C16H14ClFN2O2/c17-15-13(9-14(18)10-20-15)7-4-8-19-16(21)22-11-12-5-2-1-3-6-12/h1-7,9-10H,8,11H2,(H,19,21). The maximum absolute atomic E-state index is 13.0. The number of carbonyl (C=O) groups is 1.